The molecule has 0 aliphatic carbocycles. The Bertz CT molecular complexity index is 495. The van der Waals surface area contributed by atoms with E-state index in [0.29, 0.717) is 5.56 Å². The molecule has 13 heavy (non-hydrogen) atoms. The second-order valence-corrected chi connectivity index (χ2v) is 2.98. The lowest BCUT2D eigenvalue weighted by atomic mass is 10.1. The van der Waals surface area contributed by atoms with Gasteiger partial charge >= 0.3 is 0 Å². The smallest absolute Gasteiger partial charge is 0.101 e. The number of hydrogen-bond donors (Lipinski definition) is 0. The number of nitriles is 1. The van der Waals surface area contributed by atoms with Crippen molar-refractivity contribution >= 4 is 10.9 Å². The van der Waals surface area contributed by atoms with E-state index >= 15 is 0 Å². The molecule has 0 amide bonds. The summed E-state index contributed by atoms with van der Waals surface area (Å²) in [6, 6.07) is 9.89. The van der Waals surface area contributed by atoms with Gasteiger partial charge < -0.3 is 0 Å². The van der Waals surface area contributed by atoms with E-state index in [4.69, 9.17) is 5.26 Å². The van der Waals surface area contributed by atoms with Gasteiger partial charge in [0.25, 0.3) is 0 Å². The summed E-state index contributed by atoms with van der Waals surface area (Å²) in [5.41, 5.74) is 2.71. The zero-order valence-electron chi connectivity index (χ0n) is 7.28. The van der Waals surface area contributed by atoms with Crippen LogP contribution in [-0.4, -0.2) is 4.98 Å². The van der Waals surface area contributed by atoms with Gasteiger partial charge in [-0.15, -0.1) is 0 Å². The summed E-state index contributed by atoms with van der Waals surface area (Å²) in [6.45, 7) is 2.02. The summed E-state index contributed by atoms with van der Waals surface area (Å²) < 4.78 is 0. The highest BCUT2D eigenvalue weighted by Crippen LogP contribution is 2.16. The molecule has 0 aliphatic heterocycles. The Hall–Kier alpha value is -1.88. The minimum atomic E-state index is 0.613. The van der Waals surface area contributed by atoms with Gasteiger partial charge in [-0.3, -0.25) is 4.98 Å². The number of fused-ring (bicyclic) bond motifs is 1. The largest absolute Gasteiger partial charge is 0.255 e. The maximum Gasteiger partial charge on any atom is 0.101 e. The van der Waals surface area contributed by atoms with Gasteiger partial charge in [-0.25, -0.2) is 0 Å². The first-order chi connectivity index (χ1) is 6.31. The second kappa shape index (κ2) is 2.87. The average Bonchev–Trinajstić information content (AvgIpc) is 2.18. The van der Waals surface area contributed by atoms with E-state index in [1.807, 2.05) is 31.2 Å². The molecule has 1 aromatic heterocycles. The zero-order chi connectivity index (χ0) is 9.26. The Morgan fingerprint density at radius 3 is 3.00 bits per heavy atom. The van der Waals surface area contributed by atoms with E-state index in [9.17, 15) is 0 Å². The quantitative estimate of drug-likeness (QED) is 0.605. The van der Waals surface area contributed by atoms with Crippen LogP contribution in [0.4, 0.5) is 0 Å². The van der Waals surface area contributed by atoms with Crippen molar-refractivity contribution in [3.05, 3.63) is 41.6 Å². The Morgan fingerprint density at radius 1 is 1.38 bits per heavy atom. The third-order valence-corrected chi connectivity index (χ3v) is 2.07. The molecule has 2 nitrogen and oxygen atoms in total. The predicted molar refractivity (Wildman–Crippen MR) is 51.2 cm³/mol. The lowest BCUT2D eigenvalue weighted by molar-refractivity contribution is 1.36. The standard InChI is InChI=1S/C11H8N2/c1-8-3-2-4-11-10(8)5-9(6-12)7-13-11/h2-5,7H,1H3. The minimum Gasteiger partial charge on any atom is -0.255 e. The second-order valence-electron chi connectivity index (χ2n) is 2.98. The van der Waals surface area contributed by atoms with Crippen LogP contribution < -0.4 is 0 Å². The average molecular weight is 168 g/mol. The summed E-state index contributed by atoms with van der Waals surface area (Å²) in [4.78, 5) is 4.19. The van der Waals surface area contributed by atoms with Crippen LogP contribution in [0, 0.1) is 18.3 Å². The number of hydrogen-bond acceptors (Lipinski definition) is 2. The molecule has 0 fully saturated rings. The van der Waals surface area contributed by atoms with Crippen molar-refractivity contribution in [2.75, 3.05) is 0 Å². The molecular formula is C11H8N2. The first kappa shape index (κ1) is 7.75. The Kier molecular flexibility index (Phi) is 1.71. The molecule has 2 rings (SSSR count). The third kappa shape index (κ3) is 1.25. The molecule has 0 N–H and O–H groups in total. The van der Waals surface area contributed by atoms with Crippen LogP contribution in [0.3, 0.4) is 0 Å². The van der Waals surface area contributed by atoms with Crippen molar-refractivity contribution in [3.8, 4) is 6.07 Å². The number of rotatable bonds is 0. The number of aromatic nitrogens is 1. The monoisotopic (exact) mass is 168 g/mol. The lowest BCUT2D eigenvalue weighted by Crippen LogP contribution is -1.84. The molecule has 2 heteroatoms. The normalized spacial score (nSPS) is 9.85. The van der Waals surface area contributed by atoms with Gasteiger partial charge in [-0.05, 0) is 24.6 Å². The van der Waals surface area contributed by atoms with Crippen molar-refractivity contribution in [3.63, 3.8) is 0 Å². The van der Waals surface area contributed by atoms with Crippen molar-refractivity contribution in [1.29, 1.82) is 5.26 Å². The number of nitrogens with zero attached hydrogens (tertiary/aromatic N) is 2. The highest BCUT2D eigenvalue weighted by molar-refractivity contribution is 5.82. The summed E-state index contributed by atoms with van der Waals surface area (Å²) >= 11 is 0. The van der Waals surface area contributed by atoms with Crippen LogP contribution in [0.15, 0.2) is 30.5 Å². The van der Waals surface area contributed by atoms with Gasteiger partial charge in [0.2, 0.25) is 0 Å². The summed E-state index contributed by atoms with van der Waals surface area (Å²) in [5, 5.41) is 9.75. The van der Waals surface area contributed by atoms with Crippen molar-refractivity contribution in [2.24, 2.45) is 0 Å². The highest BCUT2D eigenvalue weighted by atomic mass is 14.6. The van der Waals surface area contributed by atoms with E-state index in [1.54, 1.807) is 6.20 Å². The van der Waals surface area contributed by atoms with Crippen LogP contribution in [0.2, 0.25) is 0 Å². The molecule has 1 heterocycles. The first-order valence-electron chi connectivity index (χ1n) is 4.07. The molecule has 62 valence electrons. The Morgan fingerprint density at radius 2 is 2.23 bits per heavy atom. The molecular weight excluding hydrogens is 160 g/mol. The molecule has 0 radical (unpaired) electrons. The lowest BCUT2D eigenvalue weighted by Gasteiger charge is -1.99. The maximum absolute atomic E-state index is 8.70. The van der Waals surface area contributed by atoms with Gasteiger partial charge in [-0.2, -0.15) is 5.26 Å². The molecule has 0 saturated heterocycles. The third-order valence-electron chi connectivity index (χ3n) is 2.07. The van der Waals surface area contributed by atoms with Gasteiger partial charge in [0.15, 0.2) is 0 Å². The minimum absolute atomic E-state index is 0.613. The number of aryl methyl sites for hydroxylation is 1. The van der Waals surface area contributed by atoms with Crippen molar-refractivity contribution in [1.82, 2.24) is 4.98 Å². The van der Waals surface area contributed by atoms with Crippen LogP contribution in [0.1, 0.15) is 11.1 Å². The Labute approximate surface area is 76.5 Å². The number of pyridine rings is 1. The number of benzene rings is 1. The Balaban J connectivity index is 2.84. The zero-order valence-corrected chi connectivity index (χ0v) is 7.28. The fraction of sp³-hybridized carbons (Fsp3) is 0.0909. The van der Waals surface area contributed by atoms with Crippen LogP contribution in [0.25, 0.3) is 10.9 Å². The summed E-state index contributed by atoms with van der Waals surface area (Å²) in [5.74, 6) is 0. The molecule has 1 aromatic carbocycles. The maximum atomic E-state index is 8.70. The van der Waals surface area contributed by atoms with Gasteiger partial charge in [0.1, 0.15) is 6.07 Å². The molecule has 0 aliphatic rings. The van der Waals surface area contributed by atoms with Gasteiger partial charge in [-0.1, -0.05) is 12.1 Å². The van der Waals surface area contributed by atoms with E-state index in [2.05, 4.69) is 11.1 Å². The molecule has 0 atom stereocenters. The van der Waals surface area contributed by atoms with E-state index in [-0.39, 0.29) is 0 Å². The van der Waals surface area contributed by atoms with Gasteiger partial charge in [0.05, 0.1) is 11.1 Å². The predicted octanol–water partition coefficient (Wildman–Crippen LogP) is 2.41. The molecule has 0 saturated carbocycles. The van der Waals surface area contributed by atoms with Crippen LogP contribution in [-0.2, 0) is 0 Å². The van der Waals surface area contributed by atoms with E-state index in [1.165, 1.54) is 0 Å². The fourth-order valence-electron chi connectivity index (χ4n) is 1.36. The highest BCUT2D eigenvalue weighted by Gasteiger charge is 1.98. The van der Waals surface area contributed by atoms with E-state index in [0.717, 1.165) is 16.5 Å². The molecule has 2 aromatic rings. The first-order valence-corrected chi connectivity index (χ1v) is 4.07. The SMILES string of the molecule is Cc1cccc2ncc(C#N)cc12. The van der Waals surface area contributed by atoms with E-state index < -0.39 is 0 Å². The van der Waals surface area contributed by atoms with Crippen LogP contribution >= 0.6 is 0 Å². The van der Waals surface area contributed by atoms with Crippen LogP contribution in [0.5, 0.6) is 0 Å². The molecule has 0 spiro atoms. The fourth-order valence-corrected chi connectivity index (χ4v) is 1.36. The molecule has 0 unspecified atom stereocenters. The van der Waals surface area contributed by atoms with Crippen molar-refractivity contribution in [2.45, 2.75) is 6.92 Å². The van der Waals surface area contributed by atoms with Crippen molar-refractivity contribution < 1.29 is 0 Å². The summed E-state index contributed by atoms with van der Waals surface area (Å²) in [6.07, 6.45) is 1.60. The van der Waals surface area contributed by atoms with Gasteiger partial charge in [0, 0.05) is 11.6 Å². The topological polar surface area (TPSA) is 36.7 Å². The molecule has 0 bridgehead atoms. The summed E-state index contributed by atoms with van der Waals surface area (Å²) in [7, 11) is 0.